The molecule has 10 heteroatoms. The molecule has 8 nitrogen and oxygen atoms in total. The Labute approximate surface area is 132 Å². The van der Waals surface area contributed by atoms with Gasteiger partial charge in [0.1, 0.15) is 24.4 Å². The normalized spacial score (nSPS) is 34.8. The first-order chi connectivity index (χ1) is 6.85. The van der Waals surface area contributed by atoms with Gasteiger partial charge >= 0.3 is 48.9 Å². The van der Waals surface area contributed by atoms with Crippen LogP contribution >= 0.6 is 7.82 Å². The van der Waals surface area contributed by atoms with Gasteiger partial charge in [0.15, 0.2) is 0 Å². The minimum Gasteiger partial charge on any atom is -0.790 e. The van der Waals surface area contributed by atoms with Gasteiger partial charge in [-0.15, -0.1) is 0 Å². The molecule has 0 aromatic carbocycles. The van der Waals surface area contributed by atoms with Gasteiger partial charge in [0.2, 0.25) is 0 Å². The van der Waals surface area contributed by atoms with Crippen LogP contribution in [0.1, 0.15) is 0 Å². The molecule has 1 fully saturated rings. The number of aliphatic hydroxyl groups is 3. The summed E-state index contributed by atoms with van der Waals surface area (Å²) in [4.78, 5) is 20.3. The zero-order valence-corrected chi connectivity index (χ0v) is 13.6. The second kappa shape index (κ2) is 7.19. The van der Waals surface area contributed by atoms with Crippen molar-refractivity contribution >= 4 is 56.7 Å². The van der Waals surface area contributed by atoms with Crippen LogP contribution in [0, 0.1) is 0 Å². The molecule has 0 aromatic rings. The van der Waals surface area contributed by atoms with Gasteiger partial charge in [0.25, 0.3) is 0 Å². The smallest absolute Gasteiger partial charge is 0.790 e. The van der Waals surface area contributed by atoms with Gasteiger partial charge in [-0.1, -0.05) is 0 Å². The summed E-state index contributed by atoms with van der Waals surface area (Å²) in [6.45, 7) is -1.21. The van der Waals surface area contributed by atoms with Crippen LogP contribution in [0.3, 0.4) is 0 Å². The van der Waals surface area contributed by atoms with Crippen LogP contribution in [0.15, 0.2) is 0 Å². The van der Waals surface area contributed by atoms with Crippen molar-refractivity contribution in [2.45, 2.75) is 24.4 Å². The molecule has 0 spiro atoms. The van der Waals surface area contributed by atoms with E-state index >= 15 is 0 Å². The predicted octanol–water partition coefficient (Wildman–Crippen LogP) is -4.07. The first kappa shape index (κ1) is 17.5. The predicted molar refractivity (Wildman–Crippen MR) is 47.1 cm³/mol. The van der Waals surface area contributed by atoms with E-state index in [0.717, 1.165) is 0 Å². The SMILES string of the molecule is O=P([O-])([O-])OC[C@H]1O[C@H](CO)[C@@H](O)[C@@H]1O.[Ba+2]. The Bertz CT molecular complexity index is 257. The van der Waals surface area contributed by atoms with Crippen molar-refractivity contribution in [1.29, 1.82) is 0 Å². The first-order valence-electron chi connectivity index (χ1n) is 4.14. The third-order valence-electron chi connectivity index (χ3n) is 2.04. The summed E-state index contributed by atoms with van der Waals surface area (Å²) in [5.41, 5.74) is 0. The maximum absolute atomic E-state index is 10.1. The summed E-state index contributed by atoms with van der Waals surface area (Å²) < 4.78 is 18.9. The van der Waals surface area contributed by atoms with E-state index in [0.29, 0.717) is 0 Å². The number of hydrogen-bond acceptors (Lipinski definition) is 8. The molecule has 1 rings (SSSR count). The molecule has 16 heavy (non-hydrogen) atoms. The third kappa shape index (κ3) is 5.03. The fourth-order valence-corrected chi connectivity index (χ4v) is 1.61. The van der Waals surface area contributed by atoms with Crippen LogP contribution in [0.4, 0.5) is 0 Å². The number of phosphoric ester groups is 1. The molecule has 1 saturated heterocycles. The van der Waals surface area contributed by atoms with Gasteiger partial charge in [-0.2, -0.15) is 0 Å². The maximum Gasteiger partial charge on any atom is 2.00 e. The monoisotopic (exact) mass is 380 g/mol. The van der Waals surface area contributed by atoms with Crippen molar-refractivity contribution in [2.75, 3.05) is 13.2 Å². The van der Waals surface area contributed by atoms with Crippen molar-refractivity contribution in [3.63, 3.8) is 0 Å². The summed E-state index contributed by atoms with van der Waals surface area (Å²) in [7, 11) is -5.13. The molecule has 0 aromatic heterocycles. The maximum atomic E-state index is 10.1. The van der Waals surface area contributed by atoms with E-state index in [4.69, 9.17) is 9.84 Å². The Morgan fingerprint density at radius 1 is 1.25 bits per heavy atom. The van der Waals surface area contributed by atoms with Crippen LogP contribution < -0.4 is 9.79 Å². The van der Waals surface area contributed by atoms with E-state index in [1.54, 1.807) is 0 Å². The Morgan fingerprint density at radius 3 is 2.12 bits per heavy atom. The minimum atomic E-state index is -5.13. The standard InChI is InChI=1S/C6H13O8P.Ba/c7-1-3-5(8)6(9)4(14-3)2-13-15(10,11)12;/h3-9H,1-2H2,(H2,10,11,12);/q;+2/p-2/t3-,4-,5-,6-;/m1./s1. The second-order valence-electron chi connectivity index (χ2n) is 3.12. The molecule has 3 N–H and O–H groups in total. The van der Waals surface area contributed by atoms with Crippen LogP contribution in [-0.4, -0.2) is 102 Å². The summed E-state index contributed by atoms with van der Waals surface area (Å²) in [6.07, 6.45) is -4.88. The number of aliphatic hydroxyl groups excluding tert-OH is 3. The molecule has 90 valence electrons. The zero-order valence-electron chi connectivity index (χ0n) is 8.26. The molecule has 0 saturated carbocycles. The molecule has 0 radical (unpaired) electrons. The summed E-state index contributed by atoms with van der Waals surface area (Å²) in [5, 5.41) is 27.2. The summed E-state index contributed by atoms with van der Waals surface area (Å²) >= 11 is 0. The molecule has 4 atom stereocenters. The average molecular weight is 379 g/mol. The zero-order chi connectivity index (χ0) is 11.6. The van der Waals surface area contributed by atoms with E-state index in [-0.39, 0.29) is 48.9 Å². The molecular weight excluding hydrogens is 368 g/mol. The van der Waals surface area contributed by atoms with E-state index in [2.05, 4.69) is 4.52 Å². The molecule has 0 amide bonds. The van der Waals surface area contributed by atoms with E-state index in [1.165, 1.54) is 0 Å². The molecule has 0 aliphatic carbocycles. The van der Waals surface area contributed by atoms with Gasteiger partial charge in [0.05, 0.1) is 21.0 Å². The van der Waals surface area contributed by atoms with E-state index in [9.17, 15) is 24.6 Å². The summed E-state index contributed by atoms with van der Waals surface area (Å²) in [5.74, 6) is 0. The Balaban J connectivity index is 0.00000225. The Hall–Kier alpha value is 1.52. The van der Waals surface area contributed by atoms with Crippen molar-refractivity contribution < 1.29 is 38.9 Å². The van der Waals surface area contributed by atoms with E-state index in [1.807, 2.05) is 0 Å². The van der Waals surface area contributed by atoms with Crippen molar-refractivity contribution in [2.24, 2.45) is 0 Å². The Morgan fingerprint density at radius 2 is 1.75 bits per heavy atom. The molecular formula is C6H11BaO8P. The fourth-order valence-electron chi connectivity index (χ4n) is 1.28. The average Bonchev–Trinajstić information content (AvgIpc) is 2.40. The van der Waals surface area contributed by atoms with Crippen molar-refractivity contribution in [3.05, 3.63) is 0 Å². The summed E-state index contributed by atoms with van der Waals surface area (Å²) in [6, 6.07) is 0. The van der Waals surface area contributed by atoms with Gasteiger partial charge in [-0.25, -0.2) is 0 Å². The largest absolute Gasteiger partial charge is 2.00 e. The third-order valence-corrected chi connectivity index (χ3v) is 2.50. The van der Waals surface area contributed by atoms with Gasteiger partial charge in [0, 0.05) is 0 Å². The quantitative estimate of drug-likeness (QED) is 0.331. The van der Waals surface area contributed by atoms with Crippen LogP contribution in [0.5, 0.6) is 0 Å². The molecule has 1 heterocycles. The van der Waals surface area contributed by atoms with Crippen LogP contribution in [-0.2, 0) is 13.8 Å². The van der Waals surface area contributed by atoms with Crippen molar-refractivity contribution in [1.82, 2.24) is 0 Å². The van der Waals surface area contributed by atoms with Crippen molar-refractivity contribution in [3.8, 4) is 0 Å². The molecule has 1 aliphatic rings. The van der Waals surface area contributed by atoms with Crippen LogP contribution in [0.25, 0.3) is 0 Å². The molecule has 1 aliphatic heterocycles. The fraction of sp³-hybridized carbons (Fsp3) is 1.00. The Kier molecular flexibility index (Phi) is 7.88. The second-order valence-corrected chi connectivity index (χ2v) is 4.27. The van der Waals surface area contributed by atoms with E-state index < -0.39 is 45.5 Å². The topological polar surface area (TPSA) is 142 Å². The van der Waals surface area contributed by atoms with Gasteiger partial charge in [-0.05, 0) is 0 Å². The van der Waals surface area contributed by atoms with Crippen LogP contribution in [0.2, 0.25) is 0 Å². The minimum absolute atomic E-state index is 0. The molecule has 0 bridgehead atoms. The van der Waals surface area contributed by atoms with Gasteiger partial charge in [-0.3, -0.25) is 0 Å². The van der Waals surface area contributed by atoms with Gasteiger partial charge < -0.3 is 38.9 Å². The number of phosphoric acid groups is 1. The number of rotatable bonds is 4. The first-order valence-corrected chi connectivity index (χ1v) is 5.60. The number of hydrogen-bond donors (Lipinski definition) is 3. The molecule has 0 unspecified atom stereocenters. The number of ether oxygens (including phenoxy) is 1.